The Morgan fingerprint density at radius 3 is 1.41 bits per heavy atom. The number of carbonyl (C=O) groups is 2. The van der Waals surface area contributed by atoms with Crippen LogP contribution in [0.4, 0.5) is 0 Å². The van der Waals surface area contributed by atoms with E-state index in [1.807, 2.05) is 23.8 Å². The second kappa shape index (κ2) is 18.7. The molecular formula is C20H22N2O4PtSe2. The van der Waals surface area contributed by atoms with Gasteiger partial charge in [-0.05, 0) is 12.1 Å². The molecule has 1 aromatic carbocycles. The summed E-state index contributed by atoms with van der Waals surface area (Å²) in [6.07, 6.45) is 5.59. The van der Waals surface area contributed by atoms with Gasteiger partial charge >= 0.3 is 55.6 Å². The predicted octanol–water partition coefficient (Wildman–Crippen LogP) is 2.93. The summed E-state index contributed by atoms with van der Waals surface area (Å²) in [5.74, 6) is 2.59. The first-order valence-electron chi connectivity index (χ1n) is 7.90. The number of fused-ring (bicyclic) bond motifs is 3. The van der Waals surface area contributed by atoms with Crippen LogP contribution in [-0.4, -0.2) is 68.2 Å². The van der Waals surface area contributed by atoms with Crippen molar-refractivity contribution in [2.45, 2.75) is 11.6 Å². The minimum atomic E-state index is -0.578. The monoisotopic (exact) mass is 709 g/mol. The van der Waals surface area contributed by atoms with Gasteiger partial charge in [-0.3, -0.25) is 19.6 Å². The van der Waals surface area contributed by atoms with E-state index in [-0.39, 0.29) is 21.1 Å². The maximum Gasteiger partial charge on any atom is 0.0964 e. The number of hydrogen-bond donors (Lipinski definition) is 0. The smallest absolute Gasteiger partial charge is 0.0964 e. The van der Waals surface area contributed by atoms with E-state index in [0.717, 1.165) is 34.6 Å². The summed E-state index contributed by atoms with van der Waals surface area (Å²) in [5, 5.41) is 2.28. The molecule has 0 aliphatic carbocycles. The maximum atomic E-state index is 10.3. The molecule has 0 saturated carbocycles. The molecule has 3 aromatic rings. The Labute approximate surface area is 202 Å². The van der Waals surface area contributed by atoms with Crippen LogP contribution >= 0.6 is 0 Å². The van der Waals surface area contributed by atoms with Crippen LogP contribution in [0.25, 0.3) is 21.8 Å². The second-order valence-corrected chi connectivity index (χ2v) is 4.60. The molecule has 2 heterocycles. The molecule has 3 rings (SSSR count). The number of benzene rings is 1. The Kier molecular flexibility index (Phi) is 19.3. The average Bonchev–Trinajstić information content (AvgIpc) is 2.80. The molecule has 0 saturated heterocycles. The van der Waals surface area contributed by atoms with Crippen molar-refractivity contribution >= 4 is 65.8 Å². The minimum absolute atomic E-state index is 0. The van der Waals surface area contributed by atoms with Crippen LogP contribution in [-0.2, 0) is 40.1 Å². The molecule has 0 amide bonds. The van der Waals surface area contributed by atoms with E-state index in [2.05, 4.69) is 75.7 Å². The van der Waals surface area contributed by atoms with Gasteiger partial charge in [-0.25, -0.2) is 0 Å². The first-order chi connectivity index (χ1) is 13.7. The third-order valence-corrected chi connectivity index (χ3v) is 3.10. The normalized spacial score (nSPS) is 8.62. The number of hydrogen-bond acceptors (Lipinski definition) is 6. The number of carbonyl (C=O) groups excluding carboxylic acids is 2. The Morgan fingerprint density at radius 1 is 0.759 bits per heavy atom. The molecular weight excluding hydrogens is 685 g/mol. The zero-order valence-corrected chi connectivity index (χ0v) is 22.1. The van der Waals surface area contributed by atoms with Crippen LogP contribution in [0.1, 0.15) is 0 Å². The van der Waals surface area contributed by atoms with Crippen molar-refractivity contribution in [3.05, 3.63) is 61.6 Å². The molecule has 29 heavy (non-hydrogen) atoms. The van der Waals surface area contributed by atoms with Crippen LogP contribution in [0.3, 0.4) is 0 Å². The second-order valence-electron chi connectivity index (χ2n) is 4.60. The Morgan fingerprint density at radius 2 is 1.10 bits per heavy atom. The molecule has 4 radical (unpaired) electrons. The average molecular weight is 707 g/mol. The zero-order chi connectivity index (χ0) is 21.4. The Hall–Kier alpha value is -1.29. The predicted molar refractivity (Wildman–Crippen MR) is 113 cm³/mol. The Balaban J connectivity index is 0. The van der Waals surface area contributed by atoms with Gasteiger partial charge in [-0.2, -0.15) is 0 Å². The van der Waals surface area contributed by atoms with Crippen LogP contribution in [0.5, 0.6) is 0 Å². The van der Waals surface area contributed by atoms with Crippen molar-refractivity contribution in [1.82, 2.24) is 9.97 Å². The summed E-state index contributed by atoms with van der Waals surface area (Å²) < 4.78 is 8.42. The van der Waals surface area contributed by atoms with Crippen molar-refractivity contribution < 1.29 is 40.1 Å². The van der Waals surface area contributed by atoms with Crippen molar-refractivity contribution in [3.8, 4) is 0 Å². The SMILES string of the molecule is COC(=O)[CH][CH]C(=O)OC.C[Se].C[Se].[Pt].c1cnc2c(c1)ccc1cccnc12. The summed E-state index contributed by atoms with van der Waals surface area (Å²) in [5.41, 5.74) is 1.95. The van der Waals surface area contributed by atoms with Gasteiger partial charge in [0.2, 0.25) is 0 Å². The van der Waals surface area contributed by atoms with E-state index in [0.29, 0.717) is 0 Å². The quantitative estimate of drug-likeness (QED) is 0.237. The number of pyridine rings is 2. The van der Waals surface area contributed by atoms with Gasteiger partial charge < -0.3 is 9.47 Å². The van der Waals surface area contributed by atoms with Gasteiger partial charge in [0.15, 0.2) is 0 Å². The minimum Gasteiger partial charge on any atom is -0.254 e. The first kappa shape index (κ1) is 29.9. The summed E-state index contributed by atoms with van der Waals surface area (Å²) >= 11 is 5.25. The number of aromatic nitrogens is 2. The molecule has 6 nitrogen and oxygen atoms in total. The van der Waals surface area contributed by atoms with E-state index in [9.17, 15) is 9.59 Å². The van der Waals surface area contributed by atoms with E-state index in [1.54, 1.807) is 12.4 Å². The topological polar surface area (TPSA) is 78.4 Å². The molecule has 0 spiro atoms. The molecule has 0 aliphatic rings. The molecule has 158 valence electrons. The van der Waals surface area contributed by atoms with E-state index >= 15 is 0 Å². The molecule has 0 atom stereocenters. The third-order valence-electron chi connectivity index (χ3n) is 3.10. The summed E-state index contributed by atoms with van der Waals surface area (Å²) in [7, 11) is 2.45. The van der Waals surface area contributed by atoms with E-state index in [1.165, 1.54) is 14.2 Å². The number of nitrogens with zero attached hydrogens (tertiary/aromatic N) is 2. The third kappa shape index (κ3) is 10.9. The van der Waals surface area contributed by atoms with Crippen molar-refractivity contribution in [1.29, 1.82) is 0 Å². The van der Waals surface area contributed by atoms with Gasteiger partial charge in [0, 0.05) is 44.2 Å². The van der Waals surface area contributed by atoms with Crippen LogP contribution < -0.4 is 0 Å². The number of methoxy groups -OCH3 is 2. The van der Waals surface area contributed by atoms with Gasteiger partial charge in [-0.15, -0.1) is 0 Å². The van der Waals surface area contributed by atoms with E-state index < -0.39 is 11.9 Å². The fourth-order valence-corrected chi connectivity index (χ4v) is 1.95. The largest absolute Gasteiger partial charge is 0.254 e. The molecule has 0 unspecified atom stereocenters. The zero-order valence-electron chi connectivity index (χ0n) is 16.4. The van der Waals surface area contributed by atoms with Crippen LogP contribution in [0.15, 0.2) is 48.8 Å². The molecule has 0 fully saturated rings. The fraction of sp³-hybridized carbons (Fsp3) is 0.200. The van der Waals surface area contributed by atoms with Crippen LogP contribution in [0.2, 0.25) is 11.6 Å². The summed E-state index contributed by atoms with van der Waals surface area (Å²) in [4.78, 5) is 29.3. The van der Waals surface area contributed by atoms with Crippen molar-refractivity contribution in [2.75, 3.05) is 14.2 Å². The summed E-state index contributed by atoms with van der Waals surface area (Å²) in [6.45, 7) is 0. The number of rotatable bonds is 3. The number of esters is 2. The fourth-order valence-electron chi connectivity index (χ4n) is 1.95. The standard InChI is InChI=1S/C12H8N2.C6H8O4.2CH3Se.Pt/c1-3-9-5-6-10-4-2-8-14-12(10)11(9)13-7-1;1-9-5(7)3-4-6(8)10-2;2*1-2;/h1-8H;3-4H,1-2H3;2*1H3;. The molecule has 9 heteroatoms. The van der Waals surface area contributed by atoms with E-state index in [4.69, 9.17) is 0 Å². The van der Waals surface area contributed by atoms with Gasteiger partial charge in [-0.1, -0.05) is 24.3 Å². The maximum absolute atomic E-state index is 10.3. The molecule has 2 aromatic heterocycles. The van der Waals surface area contributed by atoms with Gasteiger partial charge in [0.05, 0.1) is 38.1 Å². The van der Waals surface area contributed by atoms with Gasteiger partial charge in [0.25, 0.3) is 0 Å². The molecule has 0 bridgehead atoms. The van der Waals surface area contributed by atoms with Gasteiger partial charge in [0.1, 0.15) is 0 Å². The van der Waals surface area contributed by atoms with Crippen LogP contribution in [0, 0.1) is 12.8 Å². The molecule has 0 aliphatic heterocycles. The first-order valence-corrected chi connectivity index (χ1v) is 11.3. The molecule has 0 N–H and O–H groups in total. The number of ether oxygens (including phenoxy) is 2. The van der Waals surface area contributed by atoms with Crippen molar-refractivity contribution in [2.24, 2.45) is 0 Å². The summed E-state index contributed by atoms with van der Waals surface area (Å²) in [6, 6.07) is 12.1. The Bertz CT molecular complexity index is 795. The van der Waals surface area contributed by atoms with Crippen molar-refractivity contribution in [3.63, 3.8) is 0 Å².